The average Bonchev–Trinajstić information content (AvgIpc) is 2.33. The van der Waals surface area contributed by atoms with Crippen LogP contribution in [0.3, 0.4) is 0 Å². The van der Waals surface area contributed by atoms with Gasteiger partial charge in [0.2, 0.25) is 0 Å². The molecule has 2 atom stereocenters. The Bertz CT molecular complexity index is 352. The summed E-state index contributed by atoms with van der Waals surface area (Å²) >= 11 is 0. The molecule has 0 bridgehead atoms. The molecule has 0 aliphatic carbocycles. The second-order valence-electron chi connectivity index (χ2n) is 4.41. The smallest absolute Gasteiger partial charge is 0.0780 e. The van der Waals surface area contributed by atoms with Gasteiger partial charge in [0, 0.05) is 6.61 Å². The van der Waals surface area contributed by atoms with Gasteiger partial charge in [-0.15, -0.1) is 0 Å². The molecule has 1 aromatic rings. The number of ether oxygens (including phenoxy) is 1. The molecule has 0 heterocycles. The molecule has 0 radical (unpaired) electrons. The number of hydrogen-bond donors (Lipinski definition) is 2. The van der Waals surface area contributed by atoms with Crippen LogP contribution in [0.1, 0.15) is 43.0 Å². The number of nitrogens with one attached hydrogen (secondary N) is 1. The minimum Gasteiger partial charge on any atom is -0.376 e. The van der Waals surface area contributed by atoms with Crippen molar-refractivity contribution < 1.29 is 4.74 Å². The van der Waals surface area contributed by atoms with Crippen molar-refractivity contribution in [3.8, 4) is 0 Å². The van der Waals surface area contributed by atoms with Gasteiger partial charge in [-0.05, 0) is 38.3 Å². The Balaban J connectivity index is 3.02. The fourth-order valence-corrected chi connectivity index (χ4v) is 2.16. The van der Waals surface area contributed by atoms with Crippen LogP contribution in [0.5, 0.6) is 0 Å². The normalized spacial score (nSPS) is 14.6. The van der Waals surface area contributed by atoms with E-state index in [9.17, 15) is 0 Å². The molecule has 0 aliphatic heterocycles. The molecule has 0 aliphatic rings. The minimum absolute atomic E-state index is 0.0554. The van der Waals surface area contributed by atoms with Crippen LogP contribution in [0.15, 0.2) is 18.2 Å². The molecule has 96 valence electrons. The van der Waals surface area contributed by atoms with Crippen LogP contribution in [-0.4, -0.2) is 12.7 Å². The number of benzene rings is 1. The Kier molecular flexibility index (Phi) is 5.62. The maximum absolute atomic E-state index is 5.75. The maximum atomic E-state index is 5.75. The Morgan fingerprint density at radius 3 is 2.53 bits per heavy atom. The molecule has 0 spiro atoms. The molecular weight excluding hydrogens is 212 g/mol. The molecular formula is C14H24N2O. The van der Waals surface area contributed by atoms with E-state index in [0.29, 0.717) is 6.61 Å². The summed E-state index contributed by atoms with van der Waals surface area (Å²) in [7, 11) is 0. The van der Waals surface area contributed by atoms with Crippen LogP contribution >= 0.6 is 0 Å². The van der Waals surface area contributed by atoms with Crippen molar-refractivity contribution in [2.24, 2.45) is 5.84 Å². The largest absolute Gasteiger partial charge is 0.376 e. The summed E-state index contributed by atoms with van der Waals surface area (Å²) in [5.74, 6) is 5.70. The highest BCUT2D eigenvalue weighted by Crippen LogP contribution is 2.25. The van der Waals surface area contributed by atoms with E-state index >= 15 is 0 Å². The monoisotopic (exact) mass is 236 g/mol. The van der Waals surface area contributed by atoms with Gasteiger partial charge in [0.25, 0.3) is 0 Å². The lowest BCUT2D eigenvalue weighted by Crippen LogP contribution is -2.38. The van der Waals surface area contributed by atoms with Gasteiger partial charge in [-0.1, -0.05) is 30.7 Å². The molecule has 0 amide bonds. The molecule has 2 unspecified atom stereocenters. The van der Waals surface area contributed by atoms with Crippen LogP contribution in [-0.2, 0) is 4.74 Å². The zero-order chi connectivity index (χ0) is 12.8. The number of rotatable bonds is 6. The molecule has 0 saturated carbocycles. The molecule has 0 saturated heterocycles. The van der Waals surface area contributed by atoms with E-state index in [2.05, 4.69) is 44.4 Å². The van der Waals surface area contributed by atoms with E-state index in [0.717, 1.165) is 6.42 Å². The van der Waals surface area contributed by atoms with Crippen molar-refractivity contribution in [3.63, 3.8) is 0 Å². The minimum atomic E-state index is 0.0554. The van der Waals surface area contributed by atoms with Crippen molar-refractivity contribution >= 4 is 0 Å². The second kappa shape index (κ2) is 6.74. The third kappa shape index (κ3) is 3.53. The quantitative estimate of drug-likeness (QED) is 0.589. The van der Waals surface area contributed by atoms with Gasteiger partial charge >= 0.3 is 0 Å². The highest BCUT2D eigenvalue weighted by atomic mass is 16.5. The lowest BCUT2D eigenvalue weighted by atomic mass is 9.94. The Hall–Kier alpha value is -0.900. The van der Waals surface area contributed by atoms with E-state index in [1.165, 1.54) is 16.7 Å². The van der Waals surface area contributed by atoms with Gasteiger partial charge in [-0.25, -0.2) is 0 Å². The summed E-state index contributed by atoms with van der Waals surface area (Å²) < 4.78 is 5.75. The van der Waals surface area contributed by atoms with Crippen LogP contribution in [0.25, 0.3) is 0 Å². The van der Waals surface area contributed by atoms with Gasteiger partial charge in [0.1, 0.15) is 0 Å². The number of hydrazine groups is 1. The first-order valence-corrected chi connectivity index (χ1v) is 6.28. The van der Waals surface area contributed by atoms with Gasteiger partial charge in [-0.2, -0.15) is 0 Å². The Morgan fingerprint density at radius 2 is 2.00 bits per heavy atom. The lowest BCUT2D eigenvalue weighted by Gasteiger charge is -2.27. The summed E-state index contributed by atoms with van der Waals surface area (Å²) in [6, 6.07) is 6.49. The van der Waals surface area contributed by atoms with Crippen molar-refractivity contribution in [1.29, 1.82) is 0 Å². The third-order valence-corrected chi connectivity index (χ3v) is 3.10. The summed E-state index contributed by atoms with van der Waals surface area (Å²) in [6.07, 6.45) is 1.06. The van der Waals surface area contributed by atoms with Crippen molar-refractivity contribution in [1.82, 2.24) is 5.43 Å². The number of aryl methyl sites for hydroxylation is 2. The molecule has 3 N–H and O–H groups in total. The lowest BCUT2D eigenvalue weighted by molar-refractivity contribution is 0.0312. The van der Waals surface area contributed by atoms with E-state index in [1.54, 1.807) is 0 Å². The number of nitrogens with two attached hydrogens (primary N) is 1. The second-order valence-corrected chi connectivity index (χ2v) is 4.41. The number of hydrogen-bond acceptors (Lipinski definition) is 3. The summed E-state index contributed by atoms with van der Waals surface area (Å²) in [6.45, 7) is 9.05. The molecule has 3 heteroatoms. The molecule has 1 rings (SSSR count). The maximum Gasteiger partial charge on any atom is 0.0780 e. The van der Waals surface area contributed by atoms with Gasteiger partial charge < -0.3 is 4.74 Å². The van der Waals surface area contributed by atoms with E-state index < -0.39 is 0 Å². The zero-order valence-corrected chi connectivity index (χ0v) is 11.3. The summed E-state index contributed by atoms with van der Waals surface area (Å²) in [5, 5.41) is 0. The Morgan fingerprint density at radius 1 is 1.29 bits per heavy atom. The summed E-state index contributed by atoms with van der Waals surface area (Å²) in [4.78, 5) is 0. The van der Waals surface area contributed by atoms with Crippen molar-refractivity contribution in [2.45, 2.75) is 46.3 Å². The van der Waals surface area contributed by atoms with E-state index in [1.807, 2.05) is 6.92 Å². The molecule has 1 aromatic carbocycles. The van der Waals surface area contributed by atoms with Gasteiger partial charge in [0.15, 0.2) is 0 Å². The van der Waals surface area contributed by atoms with Crippen LogP contribution in [0.2, 0.25) is 0 Å². The average molecular weight is 236 g/mol. The highest BCUT2D eigenvalue weighted by Gasteiger charge is 2.22. The molecule has 0 fully saturated rings. The SMILES string of the molecule is CCOC(CC)C(NN)c1cc(C)ccc1C. The van der Waals surface area contributed by atoms with Crippen molar-refractivity contribution in [3.05, 3.63) is 34.9 Å². The first kappa shape index (κ1) is 14.2. The van der Waals surface area contributed by atoms with Crippen LogP contribution < -0.4 is 11.3 Å². The van der Waals surface area contributed by atoms with E-state index in [-0.39, 0.29) is 12.1 Å². The first-order valence-electron chi connectivity index (χ1n) is 6.28. The van der Waals surface area contributed by atoms with Gasteiger partial charge in [0.05, 0.1) is 12.1 Å². The van der Waals surface area contributed by atoms with Gasteiger partial charge in [-0.3, -0.25) is 11.3 Å². The fraction of sp³-hybridized carbons (Fsp3) is 0.571. The van der Waals surface area contributed by atoms with Crippen LogP contribution in [0.4, 0.5) is 0 Å². The summed E-state index contributed by atoms with van der Waals surface area (Å²) in [5.41, 5.74) is 6.62. The Labute approximate surface area is 104 Å². The highest BCUT2D eigenvalue weighted by molar-refractivity contribution is 5.33. The predicted molar refractivity (Wildman–Crippen MR) is 71.7 cm³/mol. The first-order chi connectivity index (χ1) is 8.13. The topological polar surface area (TPSA) is 47.3 Å². The van der Waals surface area contributed by atoms with E-state index in [4.69, 9.17) is 10.6 Å². The molecule has 3 nitrogen and oxygen atoms in total. The molecule has 0 aromatic heterocycles. The predicted octanol–water partition coefficient (Wildman–Crippen LogP) is 2.62. The van der Waals surface area contributed by atoms with Crippen LogP contribution in [0, 0.1) is 13.8 Å². The third-order valence-electron chi connectivity index (χ3n) is 3.10. The zero-order valence-electron chi connectivity index (χ0n) is 11.3. The van der Waals surface area contributed by atoms with Crippen molar-refractivity contribution in [2.75, 3.05) is 6.61 Å². The standard InChI is InChI=1S/C14H24N2O/c1-5-13(17-6-2)14(16-15)12-9-10(3)7-8-11(12)4/h7-9,13-14,16H,5-6,15H2,1-4H3. The molecule has 17 heavy (non-hydrogen) atoms. The fourth-order valence-electron chi connectivity index (χ4n) is 2.16.